The molecule has 1 heterocycles. The van der Waals surface area contributed by atoms with Crippen LogP contribution in [0.5, 0.6) is 0 Å². The fourth-order valence-corrected chi connectivity index (χ4v) is 2.85. The molecule has 1 fully saturated rings. The smallest absolute Gasteiger partial charge is 0.102 e. The Kier molecular flexibility index (Phi) is 3.74. The number of aliphatic hydroxyl groups is 1. The predicted molar refractivity (Wildman–Crippen MR) is 78.2 cm³/mol. The van der Waals surface area contributed by atoms with Crippen molar-refractivity contribution < 1.29 is 9.84 Å². The first-order chi connectivity index (χ1) is 9.65. The maximum absolute atomic E-state index is 9.81. The van der Waals surface area contributed by atoms with E-state index in [1.165, 1.54) is 0 Å². The molecule has 2 aliphatic rings. The Hall–Kier alpha value is -1.43. The van der Waals surface area contributed by atoms with E-state index in [1.54, 1.807) is 0 Å². The highest BCUT2D eigenvalue weighted by Crippen LogP contribution is 2.32. The van der Waals surface area contributed by atoms with Gasteiger partial charge in [0, 0.05) is 19.5 Å². The third kappa shape index (κ3) is 2.57. The van der Waals surface area contributed by atoms with Gasteiger partial charge in [-0.05, 0) is 30.2 Å². The monoisotopic (exact) mass is 275 g/mol. The van der Waals surface area contributed by atoms with Crippen molar-refractivity contribution in [3.05, 3.63) is 29.3 Å². The number of hydrogen-bond donors (Lipinski definition) is 2. The molecule has 3 N–H and O–H groups in total. The number of hydrogen-bond acceptors (Lipinski definition) is 4. The molecular formula is C15H21N3O2. The molecule has 5 heteroatoms. The lowest BCUT2D eigenvalue weighted by atomic mass is 10.1. The van der Waals surface area contributed by atoms with Crippen molar-refractivity contribution in [3.63, 3.8) is 0 Å². The summed E-state index contributed by atoms with van der Waals surface area (Å²) in [5.41, 5.74) is 9.06. The van der Waals surface area contributed by atoms with Crippen LogP contribution in [0.25, 0.3) is 0 Å². The van der Waals surface area contributed by atoms with Crippen LogP contribution in [0.2, 0.25) is 0 Å². The first-order valence-electron chi connectivity index (χ1n) is 7.09. The SMILES string of the molecule is CC(=Nc1ccc2c(c1)[C@@H](N)[C@H](O)C2)N1CCOCC1. The van der Waals surface area contributed by atoms with Gasteiger partial charge in [0.05, 0.1) is 31.0 Å². The van der Waals surface area contributed by atoms with E-state index in [2.05, 4.69) is 9.89 Å². The van der Waals surface area contributed by atoms with Crippen molar-refractivity contribution in [1.29, 1.82) is 0 Å². The summed E-state index contributed by atoms with van der Waals surface area (Å²) in [6.07, 6.45) is 0.174. The highest BCUT2D eigenvalue weighted by molar-refractivity contribution is 5.82. The summed E-state index contributed by atoms with van der Waals surface area (Å²) in [7, 11) is 0. The maximum atomic E-state index is 9.81. The van der Waals surface area contributed by atoms with Crippen molar-refractivity contribution in [1.82, 2.24) is 4.90 Å². The number of amidine groups is 1. The summed E-state index contributed by atoms with van der Waals surface area (Å²) in [5.74, 6) is 1.00. The van der Waals surface area contributed by atoms with Crippen molar-refractivity contribution in [2.75, 3.05) is 26.3 Å². The van der Waals surface area contributed by atoms with Crippen molar-refractivity contribution in [2.45, 2.75) is 25.5 Å². The number of aliphatic imine (C=N–C) groups is 1. The van der Waals surface area contributed by atoms with Gasteiger partial charge in [0.15, 0.2) is 0 Å². The molecule has 20 heavy (non-hydrogen) atoms. The number of ether oxygens (including phenoxy) is 1. The molecule has 0 bridgehead atoms. The Balaban J connectivity index is 1.81. The summed E-state index contributed by atoms with van der Waals surface area (Å²) < 4.78 is 5.35. The maximum Gasteiger partial charge on any atom is 0.102 e. The molecule has 5 nitrogen and oxygen atoms in total. The lowest BCUT2D eigenvalue weighted by molar-refractivity contribution is 0.0678. The van der Waals surface area contributed by atoms with Crippen molar-refractivity contribution >= 4 is 11.5 Å². The van der Waals surface area contributed by atoms with Gasteiger partial charge in [0.2, 0.25) is 0 Å². The molecule has 0 amide bonds. The summed E-state index contributed by atoms with van der Waals surface area (Å²) in [6.45, 7) is 5.31. The normalized spacial score (nSPS) is 26.8. The summed E-state index contributed by atoms with van der Waals surface area (Å²) in [6, 6.07) is 5.73. The number of nitrogens with two attached hydrogens (primary N) is 1. The minimum atomic E-state index is -0.468. The Morgan fingerprint density at radius 2 is 2.15 bits per heavy atom. The number of aliphatic hydroxyl groups excluding tert-OH is 1. The lowest BCUT2D eigenvalue weighted by Gasteiger charge is -2.28. The van der Waals surface area contributed by atoms with Crippen LogP contribution >= 0.6 is 0 Å². The third-order valence-electron chi connectivity index (χ3n) is 4.09. The Morgan fingerprint density at radius 1 is 1.40 bits per heavy atom. The van der Waals surface area contributed by atoms with E-state index in [0.717, 1.165) is 49.0 Å². The molecule has 3 rings (SSSR count). The van der Waals surface area contributed by atoms with Crippen LogP contribution in [0.1, 0.15) is 24.1 Å². The first-order valence-corrected chi connectivity index (χ1v) is 7.09. The number of rotatable bonds is 1. The molecule has 0 unspecified atom stereocenters. The largest absolute Gasteiger partial charge is 0.391 e. The molecule has 1 aliphatic heterocycles. The van der Waals surface area contributed by atoms with Gasteiger partial charge < -0.3 is 20.5 Å². The van der Waals surface area contributed by atoms with Gasteiger partial charge in [-0.15, -0.1) is 0 Å². The van der Waals surface area contributed by atoms with E-state index in [9.17, 15) is 5.11 Å². The average molecular weight is 275 g/mol. The van der Waals surface area contributed by atoms with E-state index >= 15 is 0 Å². The molecular weight excluding hydrogens is 254 g/mol. The third-order valence-corrected chi connectivity index (χ3v) is 4.09. The number of nitrogens with zero attached hydrogens (tertiary/aromatic N) is 2. The molecule has 0 aromatic heterocycles. The van der Waals surface area contributed by atoms with Crippen LogP contribution in [0.3, 0.4) is 0 Å². The van der Waals surface area contributed by atoms with E-state index < -0.39 is 6.10 Å². The topological polar surface area (TPSA) is 71.1 Å². The minimum Gasteiger partial charge on any atom is -0.391 e. The van der Waals surface area contributed by atoms with Crippen molar-refractivity contribution in [2.24, 2.45) is 10.7 Å². The van der Waals surface area contributed by atoms with E-state index in [0.29, 0.717) is 6.42 Å². The molecule has 108 valence electrons. The van der Waals surface area contributed by atoms with Gasteiger partial charge in [-0.1, -0.05) is 6.07 Å². The molecule has 1 aromatic carbocycles. The van der Waals surface area contributed by atoms with Crippen LogP contribution in [0.4, 0.5) is 5.69 Å². The van der Waals surface area contributed by atoms with Crippen molar-refractivity contribution in [3.8, 4) is 0 Å². The van der Waals surface area contributed by atoms with E-state index in [4.69, 9.17) is 10.5 Å². The molecule has 1 aromatic rings. The minimum absolute atomic E-state index is 0.288. The molecule has 1 aliphatic carbocycles. The number of morpholine rings is 1. The van der Waals surface area contributed by atoms with Crippen LogP contribution in [0, 0.1) is 0 Å². The molecule has 2 atom stereocenters. The zero-order valence-electron chi connectivity index (χ0n) is 11.7. The van der Waals surface area contributed by atoms with Crippen LogP contribution in [-0.4, -0.2) is 48.2 Å². The molecule has 0 saturated carbocycles. The summed E-state index contributed by atoms with van der Waals surface area (Å²) in [4.78, 5) is 6.90. The quantitative estimate of drug-likeness (QED) is 0.592. The van der Waals surface area contributed by atoms with E-state index in [-0.39, 0.29) is 6.04 Å². The number of benzene rings is 1. The Bertz CT molecular complexity index is 524. The van der Waals surface area contributed by atoms with Gasteiger partial charge in [-0.25, -0.2) is 4.99 Å². The van der Waals surface area contributed by atoms with E-state index in [1.807, 2.05) is 25.1 Å². The second-order valence-electron chi connectivity index (χ2n) is 5.44. The highest BCUT2D eigenvalue weighted by atomic mass is 16.5. The zero-order chi connectivity index (χ0) is 14.1. The Labute approximate surface area is 119 Å². The van der Waals surface area contributed by atoms with Gasteiger partial charge in [0.1, 0.15) is 5.84 Å². The summed E-state index contributed by atoms with van der Waals surface area (Å²) >= 11 is 0. The second-order valence-corrected chi connectivity index (χ2v) is 5.44. The zero-order valence-corrected chi connectivity index (χ0v) is 11.7. The Morgan fingerprint density at radius 3 is 2.90 bits per heavy atom. The molecule has 0 spiro atoms. The lowest BCUT2D eigenvalue weighted by Crippen LogP contribution is -2.39. The second kappa shape index (κ2) is 5.52. The fraction of sp³-hybridized carbons (Fsp3) is 0.533. The van der Waals surface area contributed by atoms with Gasteiger partial charge in [-0.2, -0.15) is 0 Å². The fourth-order valence-electron chi connectivity index (χ4n) is 2.85. The number of fused-ring (bicyclic) bond motifs is 1. The molecule has 0 radical (unpaired) electrons. The summed E-state index contributed by atoms with van der Waals surface area (Å²) in [5, 5.41) is 9.81. The molecule has 1 saturated heterocycles. The highest BCUT2D eigenvalue weighted by Gasteiger charge is 2.27. The predicted octanol–water partition coefficient (Wildman–Crippen LogP) is 0.985. The van der Waals surface area contributed by atoms with Crippen LogP contribution < -0.4 is 5.73 Å². The van der Waals surface area contributed by atoms with Gasteiger partial charge in [-0.3, -0.25) is 0 Å². The van der Waals surface area contributed by atoms with Gasteiger partial charge >= 0.3 is 0 Å². The first kappa shape index (κ1) is 13.5. The standard InChI is InChI=1S/C15H21N3O2/c1-10(18-4-6-20-7-5-18)17-12-3-2-11-8-14(19)15(16)13(11)9-12/h2-3,9,14-15,19H,4-8,16H2,1H3/t14-,15-/m1/s1. The average Bonchev–Trinajstić information content (AvgIpc) is 2.75. The van der Waals surface area contributed by atoms with Gasteiger partial charge in [0.25, 0.3) is 0 Å². The van der Waals surface area contributed by atoms with Crippen LogP contribution in [0.15, 0.2) is 23.2 Å². The van der Waals surface area contributed by atoms with Crippen LogP contribution in [-0.2, 0) is 11.2 Å².